The molecule has 0 saturated heterocycles. The number of carbonyl (C=O) groups is 1. The van der Waals surface area contributed by atoms with Gasteiger partial charge >= 0.3 is 0 Å². The smallest absolute Gasteiger partial charge is 0.272 e. The standard InChI is InChI=1S/C31H33N3O2/c1-5-22(4)24-12-14-25(15-13-24)30-18-28(27-8-6-7-9-29(27)33-30)31(35)34-32-19-23-10-16-26(17-11-23)36-20-21(2)3/h6-19,21-22H,5,20H2,1-4H3,(H,34,35). The van der Waals surface area contributed by atoms with Crippen molar-refractivity contribution in [2.75, 3.05) is 6.61 Å². The molecule has 36 heavy (non-hydrogen) atoms. The molecular weight excluding hydrogens is 446 g/mol. The van der Waals surface area contributed by atoms with Gasteiger partial charge < -0.3 is 4.74 Å². The number of para-hydroxylation sites is 1. The lowest BCUT2D eigenvalue weighted by Crippen LogP contribution is -2.18. The van der Waals surface area contributed by atoms with Gasteiger partial charge in [0.25, 0.3) is 5.91 Å². The van der Waals surface area contributed by atoms with Crippen molar-refractivity contribution in [2.45, 2.75) is 40.0 Å². The summed E-state index contributed by atoms with van der Waals surface area (Å²) in [5.41, 5.74) is 7.89. The van der Waals surface area contributed by atoms with E-state index in [1.807, 2.05) is 54.6 Å². The van der Waals surface area contributed by atoms with Crippen molar-refractivity contribution in [1.82, 2.24) is 10.4 Å². The van der Waals surface area contributed by atoms with Crippen LogP contribution in [-0.2, 0) is 0 Å². The summed E-state index contributed by atoms with van der Waals surface area (Å²) < 4.78 is 5.72. The number of pyridine rings is 1. The molecule has 4 rings (SSSR count). The molecule has 1 amide bonds. The molecule has 0 aliphatic carbocycles. The van der Waals surface area contributed by atoms with E-state index in [-0.39, 0.29) is 5.91 Å². The van der Waals surface area contributed by atoms with E-state index in [4.69, 9.17) is 9.72 Å². The Morgan fingerprint density at radius 3 is 2.42 bits per heavy atom. The number of benzene rings is 3. The second-order valence-corrected chi connectivity index (χ2v) is 9.48. The first-order valence-electron chi connectivity index (χ1n) is 12.5. The van der Waals surface area contributed by atoms with Gasteiger partial charge in [-0.05, 0) is 65.8 Å². The number of carbonyl (C=O) groups excluding carboxylic acids is 1. The molecular formula is C31H33N3O2. The molecule has 1 aromatic heterocycles. The van der Waals surface area contributed by atoms with Crippen molar-refractivity contribution in [3.8, 4) is 17.0 Å². The summed E-state index contributed by atoms with van der Waals surface area (Å²) >= 11 is 0. The quantitative estimate of drug-likeness (QED) is 0.204. The summed E-state index contributed by atoms with van der Waals surface area (Å²) in [5.74, 6) is 1.51. The third kappa shape index (κ3) is 6.16. The van der Waals surface area contributed by atoms with Crippen LogP contribution in [0.4, 0.5) is 0 Å². The molecule has 0 saturated carbocycles. The normalized spacial score (nSPS) is 12.2. The topological polar surface area (TPSA) is 63.6 Å². The lowest BCUT2D eigenvalue weighted by molar-refractivity contribution is 0.0956. The monoisotopic (exact) mass is 479 g/mol. The van der Waals surface area contributed by atoms with Crippen LogP contribution >= 0.6 is 0 Å². The van der Waals surface area contributed by atoms with Crippen molar-refractivity contribution in [3.05, 3.63) is 95.6 Å². The highest BCUT2D eigenvalue weighted by Crippen LogP contribution is 2.27. The van der Waals surface area contributed by atoms with Crippen LogP contribution in [0.5, 0.6) is 5.75 Å². The molecule has 5 heteroatoms. The summed E-state index contributed by atoms with van der Waals surface area (Å²) in [5, 5.41) is 4.97. The van der Waals surface area contributed by atoms with E-state index in [1.165, 1.54) is 5.56 Å². The van der Waals surface area contributed by atoms with Gasteiger partial charge in [0.05, 0.1) is 29.6 Å². The third-order valence-corrected chi connectivity index (χ3v) is 6.19. The maximum Gasteiger partial charge on any atom is 0.272 e. The third-order valence-electron chi connectivity index (χ3n) is 6.19. The van der Waals surface area contributed by atoms with E-state index in [1.54, 1.807) is 6.21 Å². The van der Waals surface area contributed by atoms with Gasteiger partial charge in [0, 0.05) is 10.9 Å². The van der Waals surface area contributed by atoms with Crippen LogP contribution in [0.25, 0.3) is 22.2 Å². The molecule has 0 aliphatic heterocycles. The second kappa shape index (κ2) is 11.6. The van der Waals surface area contributed by atoms with Crippen LogP contribution in [0.2, 0.25) is 0 Å². The molecule has 5 nitrogen and oxygen atoms in total. The summed E-state index contributed by atoms with van der Waals surface area (Å²) in [7, 11) is 0. The number of fused-ring (bicyclic) bond motifs is 1. The van der Waals surface area contributed by atoms with Crippen molar-refractivity contribution < 1.29 is 9.53 Å². The van der Waals surface area contributed by atoms with E-state index >= 15 is 0 Å². The van der Waals surface area contributed by atoms with Crippen LogP contribution in [0.1, 0.15) is 61.5 Å². The molecule has 0 spiro atoms. The maximum absolute atomic E-state index is 13.1. The molecule has 0 radical (unpaired) electrons. The molecule has 0 bridgehead atoms. The zero-order valence-corrected chi connectivity index (χ0v) is 21.4. The van der Waals surface area contributed by atoms with Crippen molar-refractivity contribution in [3.63, 3.8) is 0 Å². The molecule has 1 N–H and O–H groups in total. The Hall–Kier alpha value is -3.99. The summed E-state index contributed by atoms with van der Waals surface area (Å²) in [6.07, 6.45) is 2.72. The van der Waals surface area contributed by atoms with Crippen LogP contribution in [-0.4, -0.2) is 23.7 Å². The fraction of sp³-hybridized carbons (Fsp3) is 0.258. The van der Waals surface area contributed by atoms with Crippen molar-refractivity contribution in [1.29, 1.82) is 0 Å². The number of hydrazone groups is 1. The van der Waals surface area contributed by atoms with Crippen LogP contribution in [0, 0.1) is 5.92 Å². The minimum absolute atomic E-state index is 0.279. The molecule has 3 aromatic carbocycles. The van der Waals surface area contributed by atoms with Crippen LogP contribution in [0.3, 0.4) is 0 Å². The number of ether oxygens (including phenoxy) is 1. The lowest BCUT2D eigenvalue weighted by Gasteiger charge is -2.11. The zero-order chi connectivity index (χ0) is 25.5. The fourth-order valence-corrected chi connectivity index (χ4v) is 3.87. The Bertz CT molecular complexity index is 1340. The number of rotatable bonds is 9. The first kappa shape index (κ1) is 25.1. The molecule has 1 heterocycles. The predicted molar refractivity (Wildman–Crippen MR) is 148 cm³/mol. The Morgan fingerprint density at radius 2 is 1.72 bits per heavy atom. The first-order chi connectivity index (χ1) is 17.4. The molecule has 1 atom stereocenters. The highest BCUT2D eigenvalue weighted by atomic mass is 16.5. The van der Waals surface area contributed by atoms with Gasteiger partial charge in [-0.1, -0.05) is 70.2 Å². The lowest BCUT2D eigenvalue weighted by atomic mass is 9.96. The molecule has 0 fully saturated rings. The molecule has 4 aromatic rings. The van der Waals surface area contributed by atoms with E-state index < -0.39 is 0 Å². The van der Waals surface area contributed by atoms with Gasteiger partial charge in [-0.15, -0.1) is 0 Å². The summed E-state index contributed by atoms with van der Waals surface area (Å²) in [6.45, 7) is 9.31. The number of nitrogens with zero attached hydrogens (tertiary/aromatic N) is 2. The molecule has 1 unspecified atom stereocenters. The zero-order valence-electron chi connectivity index (χ0n) is 21.4. The average molecular weight is 480 g/mol. The fourth-order valence-electron chi connectivity index (χ4n) is 3.87. The number of hydrogen-bond acceptors (Lipinski definition) is 4. The van der Waals surface area contributed by atoms with Crippen molar-refractivity contribution >= 4 is 23.0 Å². The van der Waals surface area contributed by atoms with E-state index in [0.717, 1.165) is 39.9 Å². The SMILES string of the molecule is CCC(C)c1ccc(-c2cc(C(=O)NN=Cc3ccc(OCC(C)C)cc3)c3ccccc3n2)cc1. The van der Waals surface area contributed by atoms with Gasteiger partial charge in [-0.3, -0.25) is 4.79 Å². The minimum Gasteiger partial charge on any atom is -0.493 e. The average Bonchev–Trinajstić information content (AvgIpc) is 2.91. The predicted octanol–water partition coefficient (Wildman–Crippen LogP) is 7.21. The Balaban J connectivity index is 1.53. The van der Waals surface area contributed by atoms with Crippen LogP contribution in [0.15, 0.2) is 84.0 Å². The van der Waals surface area contributed by atoms with E-state index in [0.29, 0.717) is 24.0 Å². The highest BCUT2D eigenvalue weighted by Gasteiger charge is 2.14. The van der Waals surface area contributed by atoms with Crippen LogP contribution < -0.4 is 10.2 Å². The number of nitrogens with one attached hydrogen (secondary N) is 1. The first-order valence-corrected chi connectivity index (χ1v) is 12.5. The summed E-state index contributed by atoms with van der Waals surface area (Å²) in [6, 6.07) is 25.6. The van der Waals surface area contributed by atoms with E-state index in [2.05, 4.69) is 62.5 Å². The maximum atomic E-state index is 13.1. The highest BCUT2D eigenvalue weighted by molar-refractivity contribution is 6.07. The van der Waals surface area contributed by atoms with E-state index in [9.17, 15) is 4.79 Å². The number of hydrogen-bond donors (Lipinski definition) is 1. The van der Waals surface area contributed by atoms with Gasteiger partial charge in [-0.2, -0.15) is 5.10 Å². The Kier molecular flexibility index (Phi) is 8.11. The van der Waals surface area contributed by atoms with Gasteiger partial charge in [0.15, 0.2) is 0 Å². The van der Waals surface area contributed by atoms with Gasteiger partial charge in [-0.25, -0.2) is 10.4 Å². The number of amides is 1. The largest absolute Gasteiger partial charge is 0.493 e. The minimum atomic E-state index is -0.279. The second-order valence-electron chi connectivity index (χ2n) is 9.48. The molecule has 0 aliphatic rings. The van der Waals surface area contributed by atoms with Crippen molar-refractivity contribution in [2.24, 2.45) is 11.0 Å². The van der Waals surface area contributed by atoms with Gasteiger partial charge in [0.2, 0.25) is 0 Å². The Labute approximate surface area is 213 Å². The van der Waals surface area contributed by atoms with Gasteiger partial charge in [0.1, 0.15) is 5.75 Å². The Morgan fingerprint density at radius 1 is 1.00 bits per heavy atom. The summed E-state index contributed by atoms with van der Waals surface area (Å²) in [4.78, 5) is 18.0. The number of aromatic nitrogens is 1. The molecule has 184 valence electrons.